The molecule has 5 heterocycles. The molecule has 16 rings (SSSR count). The number of hydrogen-bond donors (Lipinski definition) is 0. The number of fused-ring (bicyclic) bond motifs is 13. The van der Waals surface area contributed by atoms with Gasteiger partial charge in [-0.1, -0.05) is 152 Å². The topological polar surface area (TPSA) is 41.5 Å². The lowest BCUT2D eigenvalue weighted by Crippen LogP contribution is -2.57. The van der Waals surface area contributed by atoms with Crippen molar-refractivity contribution in [2.24, 2.45) is 0 Å². The van der Waals surface area contributed by atoms with Crippen molar-refractivity contribution < 1.29 is 13.9 Å². The van der Waals surface area contributed by atoms with Crippen molar-refractivity contribution >= 4 is 88.7 Å². The smallest absolute Gasteiger partial charge is 0.260 e. The lowest BCUT2D eigenvalue weighted by Gasteiger charge is -2.33. The van der Waals surface area contributed by atoms with E-state index in [4.69, 9.17) is 13.9 Å². The molecule has 0 saturated heterocycles. The number of aromatic nitrogens is 2. The number of nitrogens with zero attached hydrogens (tertiary/aromatic N) is 2. The first-order chi connectivity index (χ1) is 35.7. The molecular formula is C66H39BN2O3. The van der Waals surface area contributed by atoms with Crippen LogP contribution < -0.4 is 25.9 Å². The largest absolute Gasteiger partial charge is 0.458 e. The Morgan fingerprint density at radius 3 is 1.72 bits per heavy atom. The molecular weight excluding hydrogens is 880 g/mol. The van der Waals surface area contributed by atoms with E-state index in [1.165, 1.54) is 32.6 Å². The van der Waals surface area contributed by atoms with Gasteiger partial charge in [0.25, 0.3) is 6.71 Å². The van der Waals surface area contributed by atoms with Crippen molar-refractivity contribution in [2.75, 3.05) is 0 Å². The number of benzene rings is 11. The van der Waals surface area contributed by atoms with Crippen LogP contribution in [0.2, 0.25) is 0 Å². The fourth-order valence-electron chi connectivity index (χ4n) is 12.2. The van der Waals surface area contributed by atoms with Crippen molar-refractivity contribution in [3.05, 3.63) is 237 Å². The maximum absolute atomic E-state index is 6.85. The fourth-order valence-corrected chi connectivity index (χ4v) is 12.2. The zero-order valence-corrected chi connectivity index (χ0v) is 38.7. The molecule has 11 aromatic carbocycles. The predicted molar refractivity (Wildman–Crippen MR) is 296 cm³/mol. The average Bonchev–Trinajstić information content (AvgIpc) is 4.11. The summed E-state index contributed by atoms with van der Waals surface area (Å²) in [7, 11) is 0. The van der Waals surface area contributed by atoms with E-state index in [2.05, 4.69) is 234 Å². The molecule has 5 nitrogen and oxygen atoms in total. The van der Waals surface area contributed by atoms with Gasteiger partial charge in [0.2, 0.25) is 0 Å². The van der Waals surface area contributed by atoms with Crippen molar-refractivity contribution in [2.45, 2.75) is 0 Å². The van der Waals surface area contributed by atoms with Crippen LogP contribution >= 0.6 is 0 Å². The van der Waals surface area contributed by atoms with E-state index in [0.29, 0.717) is 0 Å². The quantitative estimate of drug-likeness (QED) is 0.162. The fraction of sp³-hybridized carbons (Fsp3) is 0. The van der Waals surface area contributed by atoms with E-state index in [9.17, 15) is 0 Å². The minimum atomic E-state index is 0.0358. The number of para-hydroxylation sites is 6. The molecule has 2 aliphatic heterocycles. The Morgan fingerprint density at radius 2 is 0.931 bits per heavy atom. The first-order valence-electron chi connectivity index (χ1n) is 24.6. The first kappa shape index (κ1) is 39.3. The maximum Gasteiger partial charge on any atom is 0.260 e. The van der Waals surface area contributed by atoms with Gasteiger partial charge in [0.05, 0.1) is 27.8 Å². The summed E-state index contributed by atoms with van der Waals surface area (Å²) < 4.78 is 25.1. The predicted octanol–water partition coefficient (Wildman–Crippen LogP) is 15.5. The molecule has 0 fully saturated rings. The molecule has 0 N–H and O–H groups in total. The summed E-state index contributed by atoms with van der Waals surface area (Å²) in [5.74, 6) is 3.42. The van der Waals surface area contributed by atoms with Gasteiger partial charge in [-0.05, 0) is 124 Å². The third-order valence-electron chi connectivity index (χ3n) is 15.2. The average molecular weight is 919 g/mol. The van der Waals surface area contributed by atoms with Crippen LogP contribution in [0.1, 0.15) is 0 Å². The van der Waals surface area contributed by atoms with Crippen molar-refractivity contribution in [1.82, 2.24) is 9.13 Å². The monoisotopic (exact) mass is 918 g/mol. The standard InChI is InChI=1S/C66H39BN2O3/c1-2-18-44(19-3-1)68-54-28-9-5-21-49(54)64-55(68)29-15-30-56(64)69-53-27-8-4-20-45(53)47-23-13-24-48(66(47)69)46-22-14-33-59-63(46)50-35-34-42(37-60(50)72-59)40-16-12-17-41(36-40)43-38-61-65-62(39-43)71-58-32-11-7-26-52(58)67(65)51-25-6-10-31-57(51)70-61/h1-39H. The highest BCUT2D eigenvalue weighted by Crippen LogP contribution is 2.46. The molecule has 334 valence electrons. The van der Waals surface area contributed by atoms with Crippen LogP contribution in [0.25, 0.3) is 110 Å². The minimum absolute atomic E-state index is 0.0358. The zero-order valence-electron chi connectivity index (χ0n) is 38.7. The van der Waals surface area contributed by atoms with Crippen LogP contribution in [0.5, 0.6) is 23.0 Å². The highest BCUT2D eigenvalue weighted by atomic mass is 16.5. The summed E-state index contributed by atoms with van der Waals surface area (Å²) in [6, 6.07) is 84.7. The maximum atomic E-state index is 6.85. The molecule has 0 bridgehead atoms. The van der Waals surface area contributed by atoms with Gasteiger partial charge in [0.15, 0.2) is 0 Å². The molecule has 0 atom stereocenters. The molecule has 0 aliphatic carbocycles. The van der Waals surface area contributed by atoms with Gasteiger partial charge in [-0.3, -0.25) is 0 Å². The molecule has 0 spiro atoms. The van der Waals surface area contributed by atoms with E-state index in [1.54, 1.807) is 0 Å². The molecule has 0 unspecified atom stereocenters. The highest BCUT2D eigenvalue weighted by molar-refractivity contribution is 6.98. The lowest BCUT2D eigenvalue weighted by atomic mass is 9.35. The Balaban J connectivity index is 0.840. The summed E-state index contributed by atoms with van der Waals surface area (Å²) in [6.07, 6.45) is 0. The number of rotatable bonds is 5. The third-order valence-corrected chi connectivity index (χ3v) is 15.2. The van der Waals surface area contributed by atoms with Gasteiger partial charge < -0.3 is 23.0 Å². The van der Waals surface area contributed by atoms with Crippen molar-refractivity contribution in [1.29, 1.82) is 0 Å². The molecule has 2 aliphatic rings. The Morgan fingerprint density at radius 1 is 0.333 bits per heavy atom. The van der Waals surface area contributed by atoms with E-state index in [1.807, 2.05) is 12.1 Å². The Kier molecular flexibility index (Phi) is 8.19. The van der Waals surface area contributed by atoms with Gasteiger partial charge in [-0.2, -0.15) is 0 Å². The Labute approximate surface area is 414 Å². The molecule has 0 radical (unpaired) electrons. The van der Waals surface area contributed by atoms with Gasteiger partial charge in [0, 0.05) is 49.0 Å². The third kappa shape index (κ3) is 5.60. The van der Waals surface area contributed by atoms with Gasteiger partial charge in [0.1, 0.15) is 34.2 Å². The molecule has 72 heavy (non-hydrogen) atoms. The Hall–Kier alpha value is -9.52. The molecule has 6 heteroatoms. The Bertz CT molecular complexity index is 4530. The summed E-state index contributed by atoms with van der Waals surface area (Å²) in [5.41, 5.74) is 18.6. The highest BCUT2D eigenvalue weighted by Gasteiger charge is 2.40. The molecule has 0 saturated carbocycles. The molecule has 14 aromatic rings. The summed E-state index contributed by atoms with van der Waals surface area (Å²) in [5, 5.41) is 7.02. The molecule has 3 aromatic heterocycles. The van der Waals surface area contributed by atoms with Crippen LogP contribution in [0.15, 0.2) is 241 Å². The number of hydrogen-bond acceptors (Lipinski definition) is 3. The van der Waals surface area contributed by atoms with Gasteiger partial charge in [-0.15, -0.1) is 0 Å². The summed E-state index contributed by atoms with van der Waals surface area (Å²) in [6.45, 7) is 0.0358. The first-order valence-corrected chi connectivity index (χ1v) is 24.6. The number of ether oxygens (including phenoxy) is 2. The number of furan rings is 1. The summed E-state index contributed by atoms with van der Waals surface area (Å²) >= 11 is 0. The van der Waals surface area contributed by atoms with Crippen LogP contribution in [-0.4, -0.2) is 15.8 Å². The zero-order chi connectivity index (χ0) is 47.0. The van der Waals surface area contributed by atoms with Crippen LogP contribution in [-0.2, 0) is 0 Å². The lowest BCUT2D eigenvalue weighted by molar-refractivity contribution is 0.465. The molecule has 0 amide bonds. The second kappa shape index (κ2) is 15.0. The SMILES string of the molecule is c1ccc(-n2c3ccccc3c3c(-n4c5ccccc5c5cccc(-c6cccc7oc8cc(-c9cccc(-c%10cc%11c%12c(c%10)Oc%10ccccc%10B%12c%10ccccc%10O%11)c9)ccc8c67)c54)cccc32)cc1. The van der Waals surface area contributed by atoms with E-state index in [0.717, 1.165) is 117 Å². The van der Waals surface area contributed by atoms with E-state index >= 15 is 0 Å². The normalized spacial score (nSPS) is 12.6. The second-order valence-corrected chi connectivity index (χ2v) is 19.1. The van der Waals surface area contributed by atoms with Gasteiger partial charge in [-0.25, -0.2) is 0 Å². The minimum Gasteiger partial charge on any atom is -0.458 e. The van der Waals surface area contributed by atoms with Crippen molar-refractivity contribution in [3.63, 3.8) is 0 Å². The van der Waals surface area contributed by atoms with E-state index < -0.39 is 0 Å². The summed E-state index contributed by atoms with van der Waals surface area (Å²) in [4.78, 5) is 0. The van der Waals surface area contributed by atoms with Crippen LogP contribution in [0.4, 0.5) is 0 Å². The van der Waals surface area contributed by atoms with Crippen molar-refractivity contribution in [3.8, 4) is 67.8 Å². The van der Waals surface area contributed by atoms with Crippen LogP contribution in [0, 0.1) is 0 Å². The van der Waals surface area contributed by atoms with Crippen LogP contribution in [0.3, 0.4) is 0 Å². The second-order valence-electron chi connectivity index (χ2n) is 19.1. The van der Waals surface area contributed by atoms with E-state index in [-0.39, 0.29) is 6.71 Å². The van der Waals surface area contributed by atoms with Gasteiger partial charge >= 0.3 is 0 Å².